The second kappa shape index (κ2) is 5.61. The third kappa shape index (κ3) is 8.10. The lowest BCUT2D eigenvalue weighted by Gasteiger charge is -2.09. The zero-order valence-corrected chi connectivity index (χ0v) is 7.03. The van der Waals surface area contributed by atoms with E-state index in [2.05, 4.69) is 4.74 Å². The molecule has 1 unspecified atom stereocenters. The molecule has 0 rings (SSSR count). The molecule has 0 aromatic heterocycles. The number of alkyl halides is 4. The van der Waals surface area contributed by atoms with Gasteiger partial charge in [0.2, 0.25) is 0 Å². The number of ether oxygens (including phenoxy) is 1. The van der Waals surface area contributed by atoms with Gasteiger partial charge in [-0.3, -0.25) is 0 Å². The van der Waals surface area contributed by atoms with Crippen molar-refractivity contribution in [2.24, 2.45) is 0 Å². The Kier molecular flexibility index (Phi) is 5.61. The maximum atomic E-state index is 11.5. The molecule has 0 saturated heterocycles. The van der Waals surface area contributed by atoms with Gasteiger partial charge in [0.15, 0.2) is 0 Å². The number of aliphatic hydroxyl groups is 1. The van der Waals surface area contributed by atoms with Crippen LogP contribution in [0.5, 0.6) is 0 Å². The lowest BCUT2D eigenvalue weighted by Crippen LogP contribution is -2.19. The summed E-state index contributed by atoms with van der Waals surface area (Å²) in [5.41, 5.74) is 0. The Labute approximate surface area is 73.3 Å². The quantitative estimate of drug-likeness (QED) is 0.546. The standard InChI is InChI=1S/C6H10ClF3O2/c7-3-5(11)4-12-2-1-6(8,9)10/h5,11H,1-4H2. The Morgan fingerprint density at radius 2 is 2.00 bits per heavy atom. The zero-order chi connectivity index (χ0) is 9.61. The predicted octanol–water partition coefficient (Wildman–Crippen LogP) is 1.56. The molecule has 0 saturated carbocycles. The average molecular weight is 207 g/mol. The third-order valence-corrected chi connectivity index (χ3v) is 1.37. The topological polar surface area (TPSA) is 29.5 Å². The summed E-state index contributed by atoms with van der Waals surface area (Å²) < 4.78 is 39.0. The monoisotopic (exact) mass is 206 g/mol. The van der Waals surface area contributed by atoms with Gasteiger partial charge < -0.3 is 9.84 Å². The van der Waals surface area contributed by atoms with Crippen molar-refractivity contribution in [3.63, 3.8) is 0 Å². The number of halogens is 4. The van der Waals surface area contributed by atoms with Gasteiger partial charge in [-0.25, -0.2) is 0 Å². The van der Waals surface area contributed by atoms with E-state index in [1.807, 2.05) is 0 Å². The van der Waals surface area contributed by atoms with Crippen molar-refractivity contribution in [3.05, 3.63) is 0 Å². The van der Waals surface area contributed by atoms with Gasteiger partial charge in [-0.05, 0) is 0 Å². The molecule has 0 aliphatic rings. The first-order valence-electron chi connectivity index (χ1n) is 3.34. The van der Waals surface area contributed by atoms with Crippen molar-refractivity contribution >= 4 is 11.6 Å². The molecule has 6 heteroatoms. The fourth-order valence-electron chi connectivity index (χ4n) is 0.452. The highest BCUT2D eigenvalue weighted by atomic mass is 35.5. The van der Waals surface area contributed by atoms with Crippen molar-refractivity contribution in [3.8, 4) is 0 Å². The lowest BCUT2D eigenvalue weighted by molar-refractivity contribution is -0.146. The molecule has 0 aromatic carbocycles. The van der Waals surface area contributed by atoms with Crippen LogP contribution in [0.3, 0.4) is 0 Å². The minimum atomic E-state index is -4.20. The Hall–Kier alpha value is -0.0000000000000000555. The molecular formula is C6H10ClF3O2. The molecule has 0 aliphatic carbocycles. The van der Waals surface area contributed by atoms with Crippen molar-refractivity contribution in [2.75, 3.05) is 19.1 Å². The van der Waals surface area contributed by atoms with E-state index in [9.17, 15) is 13.2 Å². The van der Waals surface area contributed by atoms with E-state index >= 15 is 0 Å². The minimum Gasteiger partial charge on any atom is -0.389 e. The number of hydrogen-bond acceptors (Lipinski definition) is 2. The van der Waals surface area contributed by atoms with Gasteiger partial charge in [0, 0.05) is 0 Å². The maximum Gasteiger partial charge on any atom is 0.391 e. The van der Waals surface area contributed by atoms with Crippen molar-refractivity contribution in [1.29, 1.82) is 0 Å². The number of hydrogen-bond donors (Lipinski definition) is 1. The molecule has 0 heterocycles. The van der Waals surface area contributed by atoms with E-state index in [1.165, 1.54) is 0 Å². The largest absolute Gasteiger partial charge is 0.391 e. The van der Waals surface area contributed by atoms with Crippen molar-refractivity contribution < 1.29 is 23.0 Å². The van der Waals surface area contributed by atoms with Crippen LogP contribution in [0.1, 0.15) is 6.42 Å². The van der Waals surface area contributed by atoms with Gasteiger partial charge in [0.05, 0.1) is 31.6 Å². The molecule has 12 heavy (non-hydrogen) atoms. The molecule has 0 aliphatic heterocycles. The molecule has 2 nitrogen and oxygen atoms in total. The normalized spacial score (nSPS) is 14.8. The van der Waals surface area contributed by atoms with Gasteiger partial charge in [-0.1, -0.05) is 0 Å². The summed E-state index contributed by atoms with van der Waals surface area (Å²) in [5, 5.41) is 8.75. The first-order valence-corrected chi connectivity index (χ1v) is 3.87. The molecule has 0 aromatic rings. The zero-order valence-electron chi connectivity index (χ0n) is 6.27. The van der Waals surface area contributed by atoms with Crippen LogP contribution in [0.2, 0.25) is 0 Å². The lowest BCUT2D eigenvalue weighted by atomic mass is 10.4. The van der Waals surface area contributed by atoms with Gasteiger partial charge in [-0.15, -0.1) is 11.6 Å². The second-order valence-corrected chi connectivity index (χ2v) is 2.56. The molecule has 1 atom stereocenters. The van der Waals surface area contributed by atoms with Crippen LogP contribution >= 0.6 is 11.6 Å². The minimum absolute atomic E-state index is 0.0357. The van der Waals surface area contributed by atoms with Gasteiger partial charge >= 0.3 is 6.18 Å². The molecule has 0 fully saturated rings. The highest BCUT2D eigenvalue weighted by Crippen LogP contribution is 2.18. The van der Waals surface area contributed by atoms with Crippen molar-refractivity contribution in [2.45, 2.75) is 18.7 Å². The second-order valence-electron chi connectivity index (χ2n) is 2.25. The third-order valence-electron chi connectivity index (χ3n) is 1.02. The van der Waals surface area contributed by atoms with Crippen LogP contribution in [-0.4, -0.2) is 36.5 Å². The smallest absolute Gasteiger partial charge is 0.389 e. The summed E-state index contributed by atoms with van der Waals surface area (Å²) in [6.45, 7) is -0.586. The summed E-state index contributed by atoms with van der Waals surface area (Å²) in [6, 6.07) is 0. The molecule has 0 radical (unpaired) electrons. The van der Waals surface area contributed by atoms with E-state index in [0.29, 0.717) is 0 Å². The Morgan fingerprint density at radius 1 is 1.42 bits per heavy atom. The highest BCUT2D eigenvalue weighted by molar-refractivity contribution is 6.18. The fourth-order valence-corrected chi connectivity index (χ4v) is 0.541. The van der Waals surface area contributed by atoms with Crippen LogP contribution in [0.4, 0.5) is 13.2 Å². The Bertz CT molecular complexity index is 118. The molecule has 0 spiro atoms. The van der Waals surface area contributed by atoms with E-state index < -0.39 is 25.3 Å². The highest BCUT2D eigenvalue weighted by Gasteiger charge is 2.26. The Balaban J connectivity index is 3.22. The van der Waals surface area contributed by atoms with Gasteiger partial charge in [0.1, 0.15) is 0 Å². The first kappa shape index (κ1) is 12.0. The molecular weight excluding hydrogens is 197 g/mol. The van der Waals surface area contributed by atoms with E-state index in [1.54, 1.807) is 0 Å². The van der Waals surface area contributed by atoms with Crippen molar-refractivity contribution in [1.82, 2.24) is 0 Å². The first-order chi connectivity index (χ1) is 5.45. The maximum absolute atomic E-state index is 11.5. The van der Waals surface area contributed by atoms with Crippen LogP contribution < -0.4 is 0 Å². The van der Waals surface area contributed by atoms with E-state index in [-0.39, 0.29) is 12.5 Å². The summed E-state index contributed by atoms with van der Waals surface area (Å²) in [4.78, 5) is 0. The number of rotatable bonds is 5. The molecule has 0 bridgehead atoms. The Morgan fingerprint density at radius 3 is 2.42 bits per heavy atom. The fraction of sp³-hybridized carbons (Fsp3) is 1.00. The molecule has 74 valence electrons. The predicted molar refractivity (Wildman–Crippen MR) is 38.2 cm³/mol. The van der Waals surface area contributed by atoms with Crippen LogP contribution in [0.25, 0.3) is 0 Å². The summed E-state index contributed by atoms with van der Waals surface area (Å²) in [5.74, 6) is -0.0357. The number of aliphatic hydroxyl groups excluding tert-OH is 1. The van der Waals surface area contributed by atoms with Crippen LogP contribution in [-0.2, 0) is 4.74 Å². The van der Waals surface area contributed by atoms with Crippen LogP contribution in [0, 0.1) is 0 Å². The average Bonchev–Trinajstić information content (AvgIpc) is 1.96. The van der Waals surface area contributed by atoms with Gasteiger partial charge in [-0.2, -0.15) is 13.2 Å². The van der Waals surface area contributed by atoms with E-state index in [4.69, 9.17) is 16.7 Å². The van der Waals surface area contributed by atoms with E-state index in [0.717, 1.165) is 0 Å². The SMILES string of the molecule is OC(CCl)COCCC(F)(F)F. The summed E-state index contributed by atoms with van der Waals surface area (Å²) in [6.07, 6.45) is -6.09. The summed E-state index contributed by atoms with van der Waals surface area (Å²) >= 11 is 5.17. The summed E-state index contributed by atoms with van der Waals surface area (Å²) in [7, 11) is 0. The van der Waals surface area contributed by atoms with Gasteiger partial charge in [0.25, 0.3) is 0 Å². The van der Waals surface area contributed by atoms with Crippen LogP contribution in [0.15, 0.2) is 0 Å². The molecule has 1 N–H and O–H groups in total. The molecule has 0 amide bonds.